The van der Waals surface area contributed by atoms with E-state index in [0.29, 0.717) is 0 Å². The highest BCUT2D eigenvalue weighted by Crippen LogP contribution is 1.94. The van der Waals surface area contributed by atoms with Gasteiger partial charge in [-0.2, -0.15) is 0 Å². The molecule has 10 heavy (non-hydrogen) atoms. The summed E-state index contributed by atoms with van der Waals surface area (Å²) in [7, 11) is 0. The molecule has 0 aliphatic rings. The normalized spacial score (nSPS) is 12.6. The standard InChI is InChI=1S/C6H15N3O/c1-2-3-4-5(7)9-6(8)10/h5H,2-4,7H2,1H3,(H3,8,9,10). The number of urea groups is 1. The SMILES string of the molecule is CCCCC(N)NC(N)=O. The Hall–Kier alpha value is -0.770. The second-order valence-electron chi connectivity index (χ2n) is 2.26. The zero-order valence-electron chi connectivity index (χ0n) is 6.26. The predicted octanol–water partition coefficient (Wildman–Crippen LogP) is 0.130. The summed E-state index contributed by atoms with van der Waals surface area (Å²) in [6.07, 6.45) is 2.60. The summed E-state index contributed by atoms with van der Waals surface area (Å²) < 4.78 is 0. The van der Waals surface area contributed by atoms with Crippen molar-refractivity contribution in [3.05, 3.63) is 0 Å². The van der Waals surface area contributed by atoms with E-state index in [1.807, 2.05) is 0 Å². The molecule has 0 rings (SSSR count). The second-order valence-corrected chi connectivity index (χ2v) is 2.26. The minimum atomic E-state index is -0.552. The lowest BCUT2D eigenvalue weighted by molar-refractivity contribution is 0.244. The molecule has 1 atom stereocenters. The number of hydrogen-bond acceptors (Lipinski definition) is 2. The molecule has 0 aromatic rings. The van der Waals surface area contributed by atoms with Gasteiger partial charge in [0.25, 0.3) is 0 Å². The van der Waals surface area contributed by atoms with Crippen LogP contribution in [0.15, 0.2) is 0 Å². The topological polar surface area (TPSA) is 81.1 Å². The van der Waals surface area contributed by atoms with Crippen molar-refractivity contribution in [1.82, 2.24) is 5.32 Å². The molecule has 1 unspecified atom stereocenters. The number of hydrogen-bond donors (Lipinski definition) is 3. The van der Waals surface area contributed by atoms with Crippen molar-refractivity contribution in [2.45, 2.75) is 32.4 Å². The largest absolute Gasteiger partial charge is 0.352 e. The minimum absolute atomic E-state index is 0.280. The van der Waals surface area contributed by atoms with E-state index in [1.54, 1.807) is 0 Å². The number of nitrogens with two attached hydrogens (primary N) is 2. The fourth-order valence-corrected chi connectivity index (χ4v) is 0.679. The van der Waals surface area contributed by atoms with Gasteiger partial charge in [-0.1, -0.05) is 19.8 Å². The summed E-state index contributed by atoms with van der Waals surface area (Å²) in [5.41, 5.74) is 10.3. The van der Waals surface area contributed by atoms with Crippen molar-refractivity contribution in [1.29, 1.82) is 0 Å². The lowest BCUT2D eigenvalue weighted by Gasteiger charge is -2.10. The zero-order valence-corrected chi connectivity index (χ0v) is 6.26. The van der Waals surface area contributed by atoms with Crippen LogP contribution < -0.4 is 16.8 Å². The quantitative estimate of drug-likeness (QED) is 0.491. The van der Waals surface area contributed by atoms with Gasteiger partial charge < -0.3 is 16.8 Å². The van der Waals surface area contributed by atoms with Crippen LogP contribution in [0.5, 0.6) is 0 Å². The number of amides is 2. The molecule has 4 heteroatoms. The lowest BCUT2D eigenvalue weighted by Crippen LogP contribution is -2.44. The first kappa shape index (κ1) is 9.23. The number of primary amides is 1. The minimum Gasteiger partial charge on any atom is -0.352 e. The lowest BCUT2D eigenvalue weighted by atomic mass is 10.2. The Kier molecular flexibility index (Phi) is 4.66. The first-order valence-electron chi connectivity index (χ1n) is 3.48. The van der Waals surface area contributed by atoms with E-state index in [2.05, 4.69) is 12.2 Å². The zero-order chi connectivity index (χ0) is 7.98. The third-order valence-corrected chi connectivity index (χ3v) is 1.20. The monoisotopic (exact) mass is 145 g/mol. The van der Waals surface area contributed by atoms with Crippen LogP contribution in [-0.2, 0) is 0 Å². The van der Waals surface area contributed by atoms with Gasteiger partial charge in [0, 0.05) is 0 Å². The van der Waals surface area contributed by atoms with E-state index in [1.165, 1.54) is 0 Å². The van der Waals surface area contributed by atoms with Crippen LogP contribution in [0.2, 0.25) is 0 Å². The number of carbonyl (C=O) groups excluding carboxylic acids is 1. The maximum atomic E-state index is 10.2. The Morgan fingerprint density at radius 3 is 2.70 bits per heavy atom. The van der Waals surface area contributed by atoms with Gasteiger partial charge in [0.1, 0.15) is 0 Å². The van der Waals surface area contributed by atoms with Crippen LogP contribution in [0.4, 0.5) is 4.79 Å². The van der Waals surface area contributed by atoms with Gasteiger partial charge in [-0.25, -0.2) is 4.79 Å². The molecule has 0 aromatic carbocycles. The van der Waals surface area contributed by atoms with Gasteiger partial charge in [0.15, 0.2) is 0 Å². The Morgan fingerprint density at radius 2 is 2.30 bits per heavy atom. The van der Waals surface area contributed by atoms with Crippen molar-refractivity contribution in [3.8, 4) is 0 Å². The molecule has 0 saturated heterocycles. The van der Waals surface area contributed by atoms with Crippen molar-refractivity contribution < 1.29 is 4.79 Å². The van der Waals surface area contributed by atoms with Crippen molar-refractivity contribution in [2.75, 3.05) is 0 Å². The van der Waals surface area contributed by atoms with Crippen molar-refractivity contribution >= 4 is 6.03 Å². The van der Waals surface area contributed by atoms with E-state index in [4.69, 9.17) is 11.5 Å². The Balaban J connectivity index is 3.25. The summed E-state index contributed by atoms with van der Waals surface area (Å²) in [4.78, 5) is 10.2. The predicted molar refractivity (Wildman–Crippen MR) is 40.2 cm³/mol. The molecule has 0 saturated carbocycles. The average molecular weight is 145 g/mol. The van der Waals surface area contributed by atoms with Gasteiger partial charge in [0.05, 0.1) is 6.17 Å². The Labute approximate surface area is 61.0 Å². The molecule has 0 aliphatic heterocycles. The fraction of sp³-hybridized carbons (Fsp3) is 0.833. The molecule has 0 aliphatic carbocycles. The second kappa shape index (κ2) is 5.05. The van der Waals surface area contributed by atoms with Crippen molar-refractivity contribution in [2.24, 2.45) is 11.5 Å². The first-order valence-corrected chi connectivity index (χ1v) is 3.48. The van der Waals surface area contributed by atoms with Gasteiger partial charge in [-0.15, -0.1) is 0 Å². The molecule has 4 nitrogen and oxygen atoms in total. The van der Waals surface area contributed by atoms with Gasteiger partial charge in [-0.3, -0.25) is 0 Å². The van der Waals surface area contributed by atoms with E-state index in [0.717, 1.165) is 19.3 Å². The number of rotatable bonds is 4. The van der Waals surface area contributed by atoms with Gasteiger partial charge in [-0.05, 0) is 6.42 Å². The molecule has 0 radical (unpaired) electrons. The third kappa shape index (κ3) is 5.37. The number of nitrogens with one attached hydrogen (secondary N) is 1. The van der Waals surface area contributed by atoms with Crippen LogP contribution in [0.3, 0.4) is 0 Å². The number of unbranched alkanes of at least 4 members (excludes halogenated alkanes) is 1. The average Bonchev–Trinajstić information content (AvgIpc) is 1.82. The molecule has 0 spiro atoms. The highest BCUT2D eigenvalue weighted by atomic mass is 16.2. The smallest absolute Gasteiger partial charge is 0.313 e. The van der Waals surface area contributed by atoms with E-state index >= 15 is 0 Å². The molecular weight excluding hydrogens is 130 g/mol. The summed E-state index contributed by atoms with van der Waals surface area (Å²) in [6, 6.07) is -0.552. The summed E-state index contributed by atoms with van der Waals surface area (Å²) in [5, 5.41) is 2.39. The maximum absolute atomic E-state index is 10.2. The fourth-order valence-electron chi connectivity index (χ4n) is 0.679. The molecule has 5 N–H and O–H groups in total. The van der Waals surface area contributed by atoms with Crippen LogP contribution in [0, 0.1) is 0 Å². The molecule has 60 valence electrons. The van der Waals surface area contributed by atoms with E-state index in [9.17, 15) is 4.79 Å². The summed E-state index contributed by atoms with van der Waals surface area (Å²) in [5.74, 6) is 0. The highest BCUT2D eigenvalue weighted by Gasteiger charge is 2.01. The summed E-state index contributed by atoms with van der Waals surface area (Å²) in [6.45, 7) is 2.07. The summed E-state index contributed by atoms with van der Waals surface area (Å²) >= 11 is 0. The molecule has 2 amide bonds. The van der Waals surface area contributed by atoms with Crippen LogP contribution >= 0.6 is 0 Å². The Bertz CT molecular complexity index is 105. The first-order chi connectivity index (χ1) is 4.66. The molecular formula is C6H15N3O. The number of carbonyl (C=O) groups is 1. The van der Waals surface area contributed by atoms with Crippen LogP contribution in [-0.4, -0.2) is 12.2 Å². The molecule has 0 aromatic heterocycles. The van der Waals surface area contributed by atoms with Crippen molar-refractivity contribution in [3.63, 3.8) is 0 Å². The molecule has 0 fully saturated rings. The van der Waals surface area contributed by atoms with Gasteiger partial charge in [0.2, 0.25) is 0 Å². The van der Waals surface area contributed by atoms with Crippen LogP contribution in [0.1, 0.15) is 26.2 Å². The van der Waals surface area contributed by atoms with E-state index < -0.39 is 6.03 Å². The molecule has 0 bridgehead atoms. The maximum Gasteiger partial charge on any atom is 0.313 e. The van der Waals surface area contributed by atoms with Crippen LogP contribution in [0.25, 0.3) is 0 Å². The van der Waals surface area contributed by atoms with E-state index in [-0.39, 0.29) is 6.17 Å². The highest BCUT2D eigenvalue weighted by molar-refractivity contribution is 5.71. The van der Waals surface area contributed by atoms with Gasteiger partial charge >= 0.3 is 6.03 Å². The molecule has 0 heterocycles. The Morgan fingerprint density at radius 1 is 1.70 bits per heavy atom. The third-order valence-electron chi connectivity index (χ3n) is 1.20.